The second kappa shape index (κ2) is 6.75. The van der Waals surface area contributed by atoms with E-state index < -0.39 is 29.2 Å². The van der Waals surface area contributed by atoms with Crippen molar-refractivity contribution >= 4 is 0 Å². The number of hydrogen-bond donors (Lipinski definition) is 1. The number of rotatable bonds is 6. The Balaban J connectivity index is 3.28. The summed E-state index contributed by atoms with van der Waals surface area (Å²) < 4.78 is 57.2. The van der Waals surface area contributed by atoms with Gasteiger partial charge in [0.1, 0.15) is 5.82 Å². The summed E-state index contributed by atoms with van der Waals surface area (Å²) in [5, 5.41) is 3.02. The lowest BCUT2D eigenvalue weighted by Crippen LogP contribution is -2.43. The van der Waals surface area contributed by atoms with E-state index in [1.807, 2.05) is 13.8 Å². The second-order valence-electron chi connectivity index (χ2n) is 4.93. The molecule has 0 saturated carbocycles. The fourth-order valence-corrected chi connectivity index (χ4v) is 2.74. The van der Waals surface area contributed by atoms with Gasteiger partial charge in [-0.2, -0.15) is 13.2 Å². The van der Waals surface area contributed by atoms with Gasteiger partial charge in [-0.05, 0) is 37.6 Å². The van der Waals surface area contributed by atoms with E-state index in [0.29, 0.717) is 18.4 Å². The van der Waals surface area contributed by atoms with Crippen LogP contribution in [-0.2, 0) is 10.9 Å². The highest BCUT2D eigenvalue weighted by molar-refractivity contribution is 5.30. The van der Waals surface area contributed by atoms with Crippen molar-refractivity contribution in [1.82, 2.24) is 5.32 Å². The van der Waals surface area contributed by atoms with Crippen molar-refractivity contribution in [2.45, 2.75) is 44.5 Å². The van der Waals surface area contributed by atoms with E-state index in [1.165, 1.54) is 6.07 Å². The fraction of sp³-hybridized carbons (Fsp3) is 0.600. The smallest absolute Gasteiger partial charge is 0.376 e. The summed E-state index contributed by atoms with van der Waals surface area (Å²) >= 11 is 0. The van der Waals surface area contributed by atoms with Crippen molar-refractivity contribution in [3.63, 3.8) is 0 Å². The minimum absolute atomic E-state index is 0.394. The lowest BCUT2D eigenvalue weighted by Gasteiger charge is -2.38. The summed E-state index contributed by atoms with van der Waals surface area (Å²) in [7, 11) is 3.23. The van der Waals surface area contributed by atoms with Crippen molar-refractivity contribution in [2.24, 2.45) is 0 Å². The minimum Gasteiger partial charge on any atom is -0.376 e. The minimum atomic E-state index is -4.69. The fourth-order valence-electron chi connectivity index (χ4n) is 2.74. The maximum Gasteiger partial charge on any atom is 0.419 e. The number of halogens is 4. The molecule has 0 radical (unpaired) electrons. The molecule has 0 spiro atoms. The van der Waals surface area contributed by atoms with Gasteiger partial charge in [0.05, 0.1) is 17.2 Å². The number of methoxy groups -OCH3 is 1. The molecule has 0 aliphatic rings. The molecule has 1 aromatic carbocycles. The van der Waals surface area contributed by atoms with Gasteiger partial charge < -0.3 is 10.1 Å². The lowest BCUT2D eigenvalue weighted by molar-refractivity contribution is -0.140. The Bertz CT molecular complexity index is 461. The largest absolute Gasteiger partial charge is 0.419 e. The molecule has 0 aliphatic heterocycles. The summed E-state index contributed by atoms with van der Waals surface area (Å²) in [6.45, 7) is 3.86. The van der Waals surface area contributed by atoms with E-state index in [-0.39, 0.29) is 0 Å². The van der Waals surface area contributed by atoms with Crippen LogP contribution in [0.15, 0.2) is 18.2 Å². The molecule has 0 bridgehead atoms. The first kappa shape index (κ1) is 17.9. The highest BCUT2D eigenvalue weighted by atomic mass is 19.4. The zero-order valence-electron chi connectivity index (χ0n) is 12.6. The number of likely N-dealkylation sites (N-methyl/N-ethyl adjacent to an activating group) is 1. The summed E-state index contributed by atoms with van der Waals surface area (Å²) in [6.07, 6.45) is -3.39. The van der Waals surface area contributed by atoms with Gasteiger partial charge in [-0.3, -0.25) is 0 Å². The predicted molar refractivity (Wildman–Crippen MR) is 73.5 cm³/mol. The van der Waals surface area contributed by atoms with Crippen LogP contribution in [-0.4, -0.2) is 19.8 Å². The molecule has 0 heterocycles. The molecule has 0 amide bonds. The maximum atomic E-state index is 13.8. The van der Waals surface area contributed by atoms with Gasteiger partial charge in [-0.1, -0.05) is 19.9 Å². The highest BCUT2D eigenvalue weighted by Crippen LogP contribution is 2.37. The summed E-state index contributed by atoms with van der Waals surface area (Å²) in [6, 6.07) is 2.62. The third kappa shape index (κ3) is 3.55. The van der Waals surface area contributed by atoms with E-state index in [4.69, 9.17) is 4.74 Å². The highest BCUT2D eigenvalue weighted by Gasteiger charge is 2.38. The van der Waals surface area contributed by atoms with Gasteiger partial charge in [0.15, 0.2) is 0 Å². The molecule has 120 valence electrons. The third-order valence-electron chi connectivity index (χ3n) is 4.05. The first-order valence-corrected chi connectivity index (χ1v) is 6.84. The lowest BCUT2D eigenvalue weighted by atomic mass is 9.83. The van der Waals surface area contributed by atoms with Crippen LogP contribution in [0.5, 0.6) is 0 Å². The second-order valence-corrected chi connectivity index (χ2v) is 4.93. The molecule has 21 heavy (non-hydrogen) atoms. The van der Waals surface area contributed by atoms with Gasteiger partial charge in [-0.25, -0.2) is 4.39 Å². The Labute approximate surface area is 122 Å². The Hall–Kier alpha value is -1.14. The predicted octanol–water partition coefficient (Wildman–Crippen LogP) is 4.31. The van der Waals surface area contributed by atoms with Crippen LogP contribution in [0, 0.1) is 5.82 Å². The first-order chi connectivity index (χ1) is 9.75. The Morgan fingerprint density at radius 2 is 1.76 bits per heavy atom. The maximum absolute atomic E-state index is 13.8. The topological polar surface area (TPSA) is 21.3 Å². The van der Waals surface area contributed by atoms with E-state index >= 15 is 0 Å². The average Bonchev–Trinajstić information content (AvgIpc) is 2.43. The molecule has 2 nitrogen and oxygen atoms in total. The molecule has 0 aromatic heterocycles. The van der Waals surface area contributed by atoms with Crippen LogP contribution in [0.4, 0.5) is 17.6 Å². The monoisotopic (exact) mass is 307 g/mol. The molecule has 1 N–H and O–H groups in total. The normalized spacial score (nSPS) is 14.3. The van der Waals surface area contributed by atoms with Crippen LogP contribution in [0.2, 0.25) is 0 Å². The zero-order valence-corrected chi connectivity index (χ0v) is 12.6. The average molecular weight is 307 g/mol. The van der Waals surface area contributed by atoms with Crippen molar-refractivity contribution in [2.75, 3.05) is 14.2 Å². The van der Waals surface area contributed by atoms with E-state index in [2.05, 4.69) is 5.32 Å². The van der Waals surface area contributed by atoms with E-state index in [9.17, 15) is 17.6 Å². The number of alkyl halides is 3. The van der Waals surface area contributed by atoms with Gasteiger partial charge in [0, 0.05) is 7.11 Å². The molecule has 1 atom stereocenters. The van der Waals surface area contributed by atoms with E-state index in [1.54, 1.807) is 14.2 Å². The third-order valence-corrected chi connectivity index (χ3v) is 4.05. The Morgan fingerprint density at radius 1 is 1.19 bits per heavy atom. The molecule has 1 aromatic rings. The molecule has 1 rings (SSSR count). The van der Waals surface area contributed by atoms with Crippen molar-refractivity contribution in [1.29, 1.82) is 0 Å². The Morgan fingerprint density at radius 3 is 2.10 bits per heavy atom. The van der Waals surface area contributed by atoms with Crippen molar-refractivity contribution < 1.29 is 22.3 Å². The van der Waals surface area contributed by atoms with Crippen molar-refractivity contribution in [3.05, 3.63) is 35.1 Å². The molecular weight excluding hydrogens is 286 g/mol. The van der Waals surface area contributed by atoms with Gasteiger partial charge in [0.25, 0.3) is 0 Å². The number of hydrogen-bond acceptors (Lipinski definition) is 2. The molecule has 0 aliphatic carbocycles. The molecule has 0 fully saturated rings. The standard InChI is InChI=1S/C15H21F4NO/c1-5-14(6-2,21-4)13(20-3)10-7-8-11(12(16)9-10)15(17,18)19/h7-9,13,20H,5-6H2,1-4H3. The molecule has 1 unspecified atom stereocenters. The number of benzene rings is 1. The van der Waals surface area contributed by atoms with Crippen molar-refractivity contribution in [3.8, 4) is 0 Å². The first-order valence-electron chi connectivity index (χ1n) is 6.84. The molecule has 0 saturated heterocycles. The Kier molecular flexibility index (Phi) is 5.75. The van der Waals surface area contributed by atoms with Crippen LogP contribution in [0.1, 0.15) is 43.9 Å². The zero-order chi connectivity index (χ0) is 16.3. The number of ether oxygens (including phenoxy) is 1. The quantitative estimate of drug-likeness (QED) is 0.791. The van der Waals surface area contributed by atoms with Crippen LogP contribution < -0.4 is 5.32 Å². The summed E-state index contributed by atoms with van der Waals surface area (Å²) in [4.78, 5) is 0. The van der Waals surface area contributed by atoms with Crippen LogP contribution in [0.25, 0.3) is 0 Å². The summed E-state index contributed by atoms with van der Waals surface area (Å²) in [5.41, 5.74) is -1.41. The van der Waals surface area contributed by atoms with Gasteiger partial charge >= 0.3 is 6.18 Å². The SMILES string of the molecule is CCC(CC)(OC)C(NC)c1ccc(C(F)(F)F)c(F)c1. The van der Waals surface area contributed by atoms with E-state index in [0.717, 1.165) is 12.1 Å². The van der Waals surface area contributed by atoms with Crippen LogP contribution in [0.3, 0.4) is 0 Å². The molecular formula is C15H21F4NO. The van der Waals surface area contributed by atoms with Gasteiger partial charge in [0.2, 0.25) is 0 Å². The van der Waals surface area contributed by atoms with Crippen LogP contribution >= 0.6 is 0 Å². The summed E-state index contributed by atoms with van der Waals surface area (Å²) in [5.74, 6) is -1.27. The molecule has 6 heteroatoms. The van der Waals surface area contributed by atoms with Gasteiger partial charge in [-0.15, -0.1) is 0 Å². The number of nitrogens with one attached hydrogen (secondary N) is 1.